The molecule has 0 saturated carbocycles. The topological polar surface area (TPSA) is 107 Å². The first-order chi connectivity index (χ1) is 2.00. The molecule has 5 nitrogen and oxygen atoms in total. The third-order valence-electron chi connectivity index (χ3n) is 0. The Bertz CT molecular complexity index is 100. The van der Waals surface area contributed by atoms with E-state index in [4.69, 9.17) is 17.5 Å². The van der Waals surface area contributed by atoms with Crippen LogP contribution in [0.25, 0.3) is 0 Å². The van der Waals surface area contributed by atoms with Crippen LogP contribution >= 0.6 is 0 Å². The summed E-state index contributed by atoms with van der Waals surface area (Å²) in [4.78, 5) is 0. The molecule has 0 atom stereocenters. The summed E-state index contributed by atoms with van der Waals surface area (Å²) in [5, 5.41) is 0. The summed E-state index contributed by atoms with van der Waals surface area (Å²) in [6.45, 7) is 0. The predicted octanol–water partition coefficient (Wildman–Crippen LogP) is -13.2. The molecule has 0 spiro atoms. The number of hydrogen-bond donors (Lipinski definition) is 1. The van der Waals surface area contributed by atoms with Crippen LogP contribution in [0.3, 0.4) is 0 Å². The van der Waals surface area contributed by atoms with Gasteiger partial charge < -0.3 is 22.4 Å². The molecule has 2 N–H and O–H groups in total. The van der Waals surface area contributed by atoms with Crippen LogP contribution in [0.4, 0.5) is 0 Å². The molecule has 0 bridgehead atoms. The summed E-state index contributed by atoms with van der Waals surface area (Å²) in [6.07, 6.45) is 0. The number of rotatable bonds is 0. The first kappa shape index (κ1) is 36.3. The van der Waals surface area contributed by atoms with Crippen molar-refractivity contribution in [3.8, 4) is 0 Å². The van der Waals surface area contributed by atoms with Crippen LogP contribution in [0.5, 0.6) is 0 Å². The van der Waals surface area contributed by atoms with E-state index in [2.05, 4.69) is 0 Å². The van der Waals surface area contributed by atoms with Gasteiger partial charge >= 0.3 is 154 Å². The first-order valence-corrected chi connectivity index (χ1v) is 2.05. The average molecular weight is 267 g/mol. The van der Waals surface area contributed by atoms with Gasteiger partial charge in [-0.3, -0.25) is 4.55 Å². The van der Waals surface area contributed by atoms with E-state index in [9.17, 15) is 0 Å². The zero-order valence-corrected chi connectivity index (χ0v) is 16.8. The average Bonchev–Trinajstić information content (AvgIpc) is 0.722. The van der Waals surface area contributed by atoms with Crippen LogP contribution in [0, 0.1) is 0 Å². The van der Waals surface area contributed by atoms with E-state index in [-0.39, 0.29) is 172 Å². The van der Waals surface area contributed by atoms with Gasteiger partial charge in [-0.25, -0.2) is 8.42 Å². The summed E-state index contributed by atoms with van der Waals surface area (Å²) in [5.41, 5.74) is 0. The predicted molar refractivity (Wildman–Crippen MR) is 14.3 cm³/mol. The molecule has 0 unspecified atom stereocenters. The molecule has 0 aromatic rings. The maximum Gasteiger partial charge on any atom is 1.00 e. The van der Waals surface area contributed by atoms with Gasteiger partial charge in [0.2, 0.25) is 10.4 Å². The molecular formula is H2ClK3O5S. The molecule has 0 aliphatic carbocycles. The molecule has 0 aromatic heterocycles. The number of halogens is 1. The summed E-state index contributed by atoms with van der Waals surface area (Å²) in [7, 11) is -4.92. The van der Waals surface area contributed by atoms with Crippen LogP contribution < -0.4 is 167 Å². The second-order valence-electron chi connectivity index (χ2n) is 0.428. The number of hydrogen-bond acceptors (Lipinski definition) is 4. The minimum atomic E-state index is -4.92. The van der Waals surface area contributed by atoms with E-state index in [1.54, 1.807) is 0 Å². The third kappa shape index (κ3) is 74.5. The van der Waals surface area contributed by atoms with Gasteiger partial charge in [0.15, 0.2) is 0 Å². The van der Waals surface area contributed by atoms with Crippen molar-refractivity contribution in [3.63, 3.8) is 0 Å². The fourth-order valence-electron chi connectivity index (χ4n) is 0. The zero-order valence-electron chi connectivity index (χ0n) is 5.91. The molecule has 0 amide bonds. The molecule has 0 aliphatic heterocycles. The van der Waals surface area contributed by atoms with Crippen molar-refractivity contribution >= 4 is 10.4 Å². The van der Waals surface area contributed by atoms with Crippen molar-refractivity contribution in [2.45, 2.75) is 0 Å². The summed E-state index contributed by atoms with van der Waals surface area (Å²) >= 11 is 0. The van der Waals surface area contributed by atoms with Gasteiger partial charge in [0.1, 0.15) is 0 Å². The van der Waals surface area contributed by atoms with Gasteiger partial charge in [-0.2, -0.15) is 0 Å². The van der Waals surface area contributed by atoms with Crippen molar-refractivity contribution in [2.75, 3.05) is 0 Å². The maximum atomic E-state index is 8.63. The van der Waals surface area contributed by atoms with Crippen molar-refractivity contribution in [3.05, 3.63) is 0 Å². The molecular weight excluding hydrogens is 265 g/mol. The molecule has 48 valence electrons. The smallest absolute Gasteiger partial charge is 1.00 e. The quantitative estimate of drug-likeness (QED) is 0.266. The van der Waals surface area contributed by atoms with E-state index in [1.165, 1.54) is 0 Å². The molecule has 0 heterocycles. The van der Waals surface area contributed by atoms with Gasteiger partial charge in [0.05, 0.1) is 0 Å². The van der Waals surface area contributed by atoms with Crippen LogP contribution in [-0.2, 0) is 10.4 Å². The Morgan fingerprint density at radius 1 is 1.10 bits per heavy atom. The molecule has 0 radical (unpaired) electrons. The Morgan fingerprint density at radius 3 is 1.10 bits per heavy atom. The van der Waals surface area contributed by atoms with Crippen molar-refractivity contribution in [1.82, 2.24) is 0 Å². The van der Waals surface area contributed by atoms with E-state index in [0.29, 0.717) is 0 Å². The molecule has 10 heteroatoms. The van der Waals surface area contributed by atoms with E-state index in [0.717, 1.165) is 0 Å². The first-order valence-electron chi connectivity index (χ1n) is 0.683. The molecule has 0 rings (SSSR count). The van der Waals surface area contributed by atoms with Crippen LogP contribution in [0.2, 0.25) is 0 Å². The van der Waals surface area contributed by atoms with Gasteiger partial charge in [0, 0.05) is 0 Å². The molecule has 0 aliphatic rings. The Labute approximate surface area is 193 Å². The van der Waals surface area contributed by atoms with Crippen molar-refractivity contribution < 1.29 is 190 Å². The molecule has 0 aromatic carbocycles. The zero-order chi connectivity index (χ0) is 4.50. The minimum Gasteiger partial charge on any atom is -1.00 e. The van der Waals surface area contributed by atoms with Gasteiger partial charge in [0.25, 0.3) is 0 Å². The molecule has 0 saturated heterocycles. The standard InChI is InChI=1S/ClH.3K.H2O4S.H2O/c;;;;1-5(2,3)4;/h1H;;;;(H2,1,2,3,4);1H2/q;3*+1;;/p-3. The largest absolute Gasteiger partial charge is 1.00 e. The summed E-state index contributed by atoms with van der Waals surface area (Å²) < 4.78 is 32.8. The Hall–Kier alpha value is 5.03. The van der Waals surface area contributed by atoms with Gasteiger partial charge in [-0.05, 0) is 0 Å². The Balaban J connectivity index is -0.00000000800. The van der Waals surface area contributed by atoms with Gasteiger partial charge in [-0.15, -0.1) is 0 Å². The van der Waals surface area contributed by atoms with E-state index >= 15 is 0 Å². The second kappa shape index (κ2) is 19.6. The Morgan fingerprint density at radius 2 is 1.10 bits per heavy atom. The SMILES string of the molecule is O=S(=O)([O-])O.[Cl-].[K+].[K+].[K+].[OH-]. The summed E-state index contributed by atoms with van der Waals surface area (Å²) in [5.74, 6) is 0. The minimum absolute atomic E-state index is 0. The monoisotopic (exact) mass is 266 g/mol. The third-order valence-corrected chi connectivity index (χ3v) is 0. The normalized spacial score (nSPS) is 5.80. The van der Waals surface area contributed by atoms with Crippen molar-refractivity contribution in [2.24, 2.45) is 0 Å². The van der Waals surface area contributed by atoms with E-state index < -0.39 is 10.4 Å². The second-order valence-corrected chi connectivity index (χ2v) is 1.28. The van der Waals surface area contributed by atoms with E-state index in [1.807, 2.05) is 0 Å². The van der Waals surface area contributed by atoms with Crippen LogP contribution in [0.15, 0.2) is 0 Å². The van der Waals surface area contributed by atoms with Crippen LogP contribution in [-0.4, -0.2) is 23.0 Å². The Kier molecular flexibility index (Phi) is 71.0. The van der Waals surface area contributed by atoms with Gasteiger partial charge in [-0.1, -0.05) is 0 Å². The molecule has 10 heavy (non-hydrogen) atoms. The maximum absolute atomic E-state index is 8.63. The fraction of sp³-hybridized carbons (Fsp3) is 0. The van der Waals surface area contributed by atoms with Crippen LogP contribution in [0.1, 0.15) is 0 Å². The summed E-state index contributed by atoms with van der Waals surface area (Å²) in [6, 6.07) is 0. The van der Waals surface area contributed by atoms with Crippen molar-refractivity contribution in [1.29, 1.82) is 0 Å². The molecule has 0 fully saturated rings. The fourth-order valence-corrected chi connectivity index (χ4v) is 0.